The molecule has 0 aromatic heterocycles. The molecule has 1 aliphatic heterocycles. The molecule has 0 fully saturated rings. The third-order valence-corrected chi connectivity index (χ3v) is 2.30. The van der Waals surface area contributed by atoms with Crippen LogP contribution in [0, 0.1) is 0 Å². The van der Waals surface area contributed by atoms with Crippen LogP contribution in [-0.4, -0.2) is 16.4 Å². The first-order valence-electron chi connectivity index (χ1n) is 3.89. The molecule has 0 saturated carbocycles. The molecule has 2 rings (SSSR count). The number of fused-ring (bicyclic) bond motifs is 1. The van der Waals surface area contributed by atoms with Crippen LogP contribution in [0.4, 0.5) is 5.69 Å². The molecule has 0 radical (unpaired) electrons. The first-order chi connectivity index (χ1) is 5.62. The number of para-hydroxylation sites is 1. The Hall–Kier alpha value is -1.06. The van der Waals surface area contributed by atoms with Crippen LogP contribution in [0.15, 0.2) is 24.3 Å². The fourth-order valence-electron chi connectivity index (χ4n) is 1.49. The predicted molar refractivity (Wildman–Crippen MR) is 45.6 cm³/mol. The second-order valence-corrected chi connectivity index (χ2v) is 3.24. The molecule has 0 aliphatic carbocycles. The van der Waals surface area contributed by atoms with E-state index in [0.29, 0.717) is 0 Å². The average molecular weight is 165 g/mol. The molecule has 64 valence electrons. The lowest BCUT2D eigenvalue weighted by atomic mass is 9.97. The second kappa shape index (κ2) is 2.21. The average Bonchev–Trinajstić information content (AvgIpc) is 2.25. The summed E-state index contributed by atoms with van der Waals surface area (Å²) in [4.78, 5) is 0. The van der Waals surface area contributed by atoms with Crippen LogP contribution < -0.4 is 5.32 Å². The van der Waals surface area contributed by atoms with Gasteiger partial charge in [-0.2, -0.15) is 0 Å². The van der Waals surface area contributed by atoms with E-state index in [0.717, 1.165) is 11.3 Å². The molecule has 3 heteroatoms. The Morgan fingerprint density at radius 1 is 1.42 bits per heavy atom. The molecule has 1 heterocycles. The molecule has 1 aromatic carbocycles. The van der Waals surface area contributed by atoms with Gasteiger partial charge in [-0.1, -0.05) is 18.2 Å². The molecule has 0 saturated heterocycles. The van der Waals surface area contributed by atoms with Gasteiger partial charge in [-0.15, -0.1) is 0 Å². The first-order valence-corrected chi connectivity index (χ1v) is 3.89. The highest BCUT2D eigenvalue weighted by molar-refractivity contribution is 5.59. The summed E-state index contributed by atoms with van der Waals surface area (Å²) in [6.45, 7) is 1.59. The van der Waals surface area contributed by atoms with Gasteiger partial charge in [-0.25, -0.2) is 0 Å². The third kappa shape index (κ3) is 0.838. The second-order valence-electron chi connectivity index (χ2n) is 3.24. The number of nitrogens with one attached hydrogen (secondary N) is 1. The summed E-state index contributed by atoms with van der Waals surface area (Å²) in [5.74, 6) is 0. The molecule has 2 atom stereocenters. The van der Waals surface area contributed by atoms with Crippen molar-refractivity contribution in [3.63, 3.8) is 0 Å². The Balaban J connectivity index is 2.55. The summed E-state index contributed by atoms with van der Waals surface area (Å²) in [6, 6.07) is 7.34. The lowest BCUT2D eigenvalue weighted by molar-refractivity contribution is -0.0424. The van der Waals surface area contributed by atoms with Gasteiger partial charge in [-0.3, -0.25) is 0 Å². The van der Waals surface area contributed by atoms with Gasteiger partial charge < -0.3 is 15.5 Å². The molecule has 1 aliphatic rings. The maximum atomic E-state index is 9.80. The van der Waals surface area contributed by atoms with E-state index in [2.05, 4.69) is 5.32 Å². The fraction of sp³-hybridized carbons (Fsp3) is 0.333. The van der Waals surface area contributed by atoms with Crippen molar-refractivity contribution in [2.45, 2.75) is 18.8 Å². The predicted octanol–water partition coefficient (Wildman–Crippen LogP) is 0.638. The van der Waals surface area contributed by atoms with Crippen LogP contribution in [0.25, 0.3) is 0 Å². The minimum atomic E-state index is -1.17. The van der Waals surface area contributed by atoms with Crippen LogP contribution in [0.3, 0.4) is 0 Å². The van der Waals surface area contributed by atoms with Crippen molar-refractivity contribution in [1.82, 2.24) is 0 Å². The van der Waals surface area contributed by atoms with E-state index >= 15 is 0 Å². The van der Waals surface area contributed by atoms with Crippen molar-refractivity contribution < 1.29 is 10.2 Å². The van der Waals surface area contributed by atoms with Crippen molar-refractivity contribution in [1.29, 1.82) is 0 Å². The number of rotatable bonds is 0. The largest absolute Gasteiger partial charge is 0.381 e. The minimum Gasteiger partial charge on any atom is -0.381 e. The number of hydrogen-bond donors (Lipinski definition) is 3. The maximum Gasteiger partial charge on any atom is 0.157 e. The normalized spacial score (nSPS) is 32.8. The molecule has 3 N–H and O–H groups in total. The molecule has 12 heavy (non-hydrogen) atoms. The number of aliphatic hydroxyl groups is 2. The summed E-state index contributed by atoms with van der Waals surface area (Å²) in [6.07, 6.45) is -0.908. The Morgan fingerprint density at radius 3 is 2.75 bits per heavy atom. The van der Waals surface area contributed by atoms with E-state index in [4.69, 9.17) is 0 Å². The zero-order chi connectivity index (χ0) is 8.77. The molecule has 2 unspecified atom stereocenters. The smallest absolute Gasteiger partial charge is 0.157 e. The van der Waals surface area contributed by atoms with Crippen molar-refractivity contribution in [3.8, 4) is 0 Å². The number of aliphatic hydroxyl groups excluding tert-OH is 1. The van der Waals surface area contributed by atoms with Gasteiger partial charge in [0, 0.05) is 11.3 Å². The van der Waals surface area contributed by atoms with E-state index < -0.39 is 11.8 Å². The van der Waals surface area contributed by atoms with E-state index in [1.807, 2.05) is 18.2 Å². The molecule has 0 amide bonds. The van der Waals surface area contributed by atoms with Gasteiger partial charge in [-0.05, 0) is 13.0 Å². The van der Waals surface area contributed by atoms with Gasteiger partial charge in [0.15, 0.2) is 6.23 Å². The van der Waals surface area contributed by atoms with E-state index in [1.54, 1.807) is 13.0 Å². The zero-order valence-electron chi connectivity index (χ0n) is 6.78. The quantitative estimate of drug-likeness (QED) is 0.528. The standard InChI is InChI=1S/C9H11NO2/c1-9(12)6-4-2-3-5-7(6)10-8(9)11/h2-5,8,10-12H,1H3. The van der Waals surface area contributed by atoms with Crippen molar-refractivity contribution in [2.24, 2.45) is 0 Å². The van der Waals surface area contributed by atoms with Gasteiger partial charge >= 0.3 is 0 Å². The topological polar surface area (TPSA) is 52.5 Å². The molecule has 3 nitrogen and oxygen atoms in total. The Morgan fingerprint density at radius 2 is 2.08 bits per heavy atom. The third-order valence-electron chi connectivity index (χ3n) is 2.30. The summed E-state index contributed by atoms with van der Waals surface area (Å²) >= 11 is 0. The minimum absolute atomic E-state index is 0.748. The van der Waals surface area contributed by atoms with E-state index in [9.17, 15) is 10.2 Å². The van der Waals surface area contributed by atoms with Crippen LogP contribution in [0.2, 0.25) is 0 Å². The van der Waals surface area contributed by atoms with Crippen LogP contribution in [-0.2, 0) is 5.60 Å². The molecule has 0 bridgehead atoms. The highest BCUT2D eigenvalue weighted by Crippen LogP contribution is 2.37. The highest BCUT2D eigenvalue weighted by atomic mass is 16.4. The fourth-order valence-corrected chi connectivity index (χ4v) is 1.49. The Kier molecular flexibility index (Phi) is 1.40. The highest BCUT2D eigenvalue weighted by Gasteiger charge is 2.39. The molecular formula is C9H11NO2. The summed E-state index contributed by atoms with van der Waals surface area (Å²) < 4.78 is 0. The van der Waals surface area contributed by atoms with E-state index in [1.165, 1.54) is 0 Å². The number of benzene rings is 1. The van der Waals surface area contributed by atoms with Crippen LogP contribution >= 0.6 is 0 Å². The summed E-state index contributed by atoms with van der Waals surface area (Å²) in [5, 5.41) is 22.0. The molecule has 1 aromatic rings. The van der Waals surface area contributed by atoms with Crippen molar-refractivity contribution in [2.75, 3.05) is 5.32 Å². The zero-order valence-corrected chi connectivity index (χ0v) is 6.78. The SMILES string of the molecule is CC1(O)c2ccccc2NC1O. The number of hydrogen-bond acceptors (Lipinski definition) is 3. The summed E-state index contributed by atoms with van der Waals surface area (Å²) in [7, 11) is 0. The van der Waals surface area contributed by atoms with Crippen molar-refractivity contribution >= 4 is 5.69 Å². The van der Waals surface area contributed by atoms with Gasteiger partial charge in [0.1, 0.15) is 5.60 Å². The molecular weight excluding hydrogens is 154 g/mol. The lowest BCUT2D eigenvalue weighted by Gasteiger charge is -2.20. The van der Waals surface area contributed by atoms with Gasteiger partial charge in [0.2, 0.25) is 0 Å². The van der Waals surface area contributed by atoms with Crippen molar-refractivity contribution in [3.05, 3.63) is 29.8 Å². The van der Waals surface area contributed by atoms with Gasteiger partial charge in [0.25, 0.3) is 0 Å². The number of anilines is 1. The van der Waals surface area contributed by atoms with Crippen LogP contribution in [0.1, 0.15) is 12.5 Å². The molecule has 0 spiro atoms. The lowest BCUT2D eigenvalue weighted by Crippen LogP contribution is -2.35. The maximum absolute atomic E-state index is 9.80. The Bertz CT molecular complexity index is 309. The monoisotopic (exact) mass is 165 g/mol. The first kappa shape index (κ1) is 7.58. The summed E-state index contributed by atoms with van der Waals surface area (Å²) in [5.41, 5.74) is 0.379. The Labute approximate surface area is 70.7 Å². The van der Waals surface area contributed by atoms with Gasteiger partial charge in [0.05, 0.1) is 0 Å². The van der Waals surface area contributed by atoms with E-state index in [-0.39, 0.29) is 0 Å². The van der Waals surface area contributed by atoms with Crippen LogP contribution in [0.5, 0.6) is 0 Å².